The summed E-state index contributed by atoms with van der Waals surface area (Å²) in [5, 5.41) is 7.45. The van der Waals surface area contributed by atoms with Crippen molar-refractivity contribution >= 4 is 41.5 Å². The Kier molecular flexibility index (Phi) is 7.47. The summed E-state index contributed by atoms with van der Waals surface area (Å²) in [6.07, 6.45) is 1.83. The number of benzene rings is 1. The molecule has 22 heavy (non-hydrogen) atoms. The molecule has 1 aromatic rings. The zero-order valence-electron chi connectivity index (χ0n) is 12.9. The largest absolute Gasteiger partial charge is 0.355 e. The molecule has 1 saturated heterocycles. The summed E-state index contributed by atoms with van der Waals surface area (Å²) in [6.45, 7) is 6.63. The van der Waals surface area contributed by atoms with E-state index in [1.807, 2.05) is 12.1 Å². The van der Waals surface area contributed by atoms with E-state index in [4.69, 9.17) is 23.2 Å². The van der Waals surface area contributed by atoms with Gasteiger partial charge in [0.1, 0.15) is 0 Å². The molecule has 3 nitrogen and oxygen atoms in total. The maximum Gasteiger partial charge on any atom is 0.223 e. The fraction of sp³-hybridized carbons (Fsp3) is 0.562. The van der Waals surface area contributed by atoms with Crippen LogP contribution in [0.25, 0.3) is 0 Å². The number of amides is 1. The van der Waals surface area contributed by atoms with Crippen molar-refractivity contribution in [3.63, 3.8) is 0 Å². The van der Waals surface area contributed by atoms with Crippen molar-refractivity contribution in [3.8, 4) is 0 Å². The average Bonchev–Trinajstić information content (AvgIpc) is 2.48. The second-order valence-electron chi connectivity index (χ2n) is 6.25. The summed E-state index contributed by atoms with van der Waals surface area (Å²) in [6, 6.07) is 5.64. The Balaban J connectivity index is 0.00000242. The Labute approximate surface area is 148 Å². The Morgan fingerprint density at radius 2 is 1.91 bits per heavy atom. The lowest BCUT2D eigenvalue weighted by Crippen LogP contribution is -2.42. The predicted molar refractivity (Wildman–Crippen MR) is 95.3 cm³/mol. The Hall–Kier alpha value is -0.480. The topological polar surface area (TPSA) is 41.1 Å². The Morgan fingerprint density at radius 1 is 1.27 bits per heavy atom. The fourth-order valence-electron chi connectivity index (χ4n) is 2.56. The molecular weight excluding hydrogens is 343 g/mol. The van der Waals surface area contributed by atoms with Crippen molar-refractivity contribution in [2.45, 2.75) is 32.1 Å². The quantitative estimate of drug-likeness (QED) is 0.852. The fourth-order valence-corrected chi connectivity index (χ4v) is 2.85. The van der Waals surface area contributed by atoms with E-state index in [2.05, 4.69) is 24.5 Å². The minimum Gasteiger partial charge on any atom is -0.355 e. The van der Waals surface area contributed by atoms with Gasteiger partial charge in [0, 0.05) is 17.9 Å². The molecule has 1 aliphatic heterocycles. The van der Waals surface area contributed by atoms with Gasteiger partial charge in [-0.15, -0.1) is 12.4 Å². The lowest BCUT2D eigenvalue weighted by molar-refractivity contribution is -0.125. The van der Waals surface area contributed by atoms with Crippen LogP contribution in [0, 0.1) is 5.92 Å². The molecule has 2 N–H and O–H groups in total. The van der Waals surface area contributed by atoms with Crippen LogP contribution in [-0.4, -0.2) is 25.5 Å². The summed E-state index contributed by atoms with van der Waals surface area (Å²) in [4.78, 5) is 12.2. The van der Waals surface area contributed by atoms with Gasteiger partial charge in [-0.25, -0.2) is 0 Å². The molecule has 0 bridgehead atoms. The van der Waals surface area contributed by atoms with Crippen LogP contribution in [0.1, 0.15) is 32.3 Å². The average molecular weight is 366 g/mol. The summed E-state index contributed by atoms with van der Waals surface area (Å²) >= 11 is 12.0. The number of carbonyl (C=O) groups excluding carboxylic acids is 1. The van der Waals surface area contributed by atoms with Crippen molar-refractivity contribution in [2.75, 3.05) is 19.6 Å². The molecule has 0 aromatic heterocycles. The van der Waals surface area contributed by atoms with Gasteiger partial charge in [-0.3, -0.25) is 4.79 Å². The van der Waals surface area contributed by atoms with Crippen LogP contribution in [0.4, 0.5) is 0 Å². The molecule has 1 heterocycles. The molecule has 0 aliphatic carbocycles. The first-order valence-corrected chi connectivity index (χ1v) is 8.10. The van der Waals surface area contributed by atoms with Crippen LogP contribution in [-0.2, 0) is 10.2 Å². The first-order valence-electron chi connectivity index (χ1n) is 7.34. The molecule has 6 heteroatoms. The van der Waals surface area contributed by atoms with E-state index in [1.54, 1.807) is 6.07 Å². The van der Waals surface area contributed by atoms with E-state index in [-0.39, 0.29) is 29.6 Å². The molecular formula is C16H23Cl3N2O. The lowest BCUT2D eigenvalue weighted by Gasteiger charge is -2.28. The number of halogens is 3. The second-order valence-corrected chi connectivity index (χ2v) is 7.07. The molecule has 124 valence electrons. The molecule has 0 spiro atoms. The summed E-state index contributed by atoms with van der Waals surface area (Å²) in [5.74, 6) is 0.292. The summed E-state index contributed by atoms with van der Waals surface area (Å²) < 4.78 is 0. The number of hydrogen-bond acceptors (Lipinski definition) is 2. The highest BCUT2D eigenvalue weighted by Crippen LogP contribution is 2.29. The smallest absolute Gasteiger partial charge is 0.223 e. The van der Waals surface area contributed by atoms with Gasteiger partial charge in [0.05, 0.1) is 10.0 Å². The monoisotopic (exact) mass is 364 g/mol. The third kappa shape index (κ3) is 5.02. The molecule has 2 rings (SSSR count). The number of nitrogens with one attached hydrogen (secondary N) is 2. The van der Waals surface area contributed by atoms with Gasteiger partial charge >= 0.3 is 0 Å². The maximum absolute atomic E-state index is 12.2. The third-order valence-electron chi connectivity index (χ3n) is 4.12. The number of piperidine rings is 1. The number of rotatable bonds is 4. The van der Waals surface area contributed by atoms with Crippen molar-refractivity contribution in [1.29, 1.82) is 0 Å². The van der Waals surface area contributed by atoms with Gasteiger partial charge in [0.25, 0.3) is 0 Å². The van der Waals surface area contributed by atoms with E-state index < -0.39 is 0 Å². The number of carbonyl (C=O) groups is 1. The molecule has 0 atom stereocenters. The molecule has 0 radical (unpaired) electrons. The van der Waals surface area contributed by atoms with Crippen LogP contribution in [0.5, 0.6) is 0 Å². The Bertz CT molecular complexity index is 514. The van der Waals surface area contributed by atoms with Crippen LogP contribution in [0.3, 0.4) is 0 Å². The van der Waals surface area contributed by atoms with Crippen LogP contribution < -0.4 is 10.6 Å². The van der Waals surface area contributed by atoms with Crippen LogP contribution in [0.15, 0.2) is 18.2 Å². The SMILES string of the molecule is CC(C)(CNC(=O)C1CCNCC1)c1ccc(Cl)c(Cl)c1.Cl. The molecule has 1 aliphatic rings. The molecule has 0 saturated carbocycles. The van der Waals surface area contributed by atoms with E-state index in [9.17, 15) is 4.79 Å². The van der Waals surface area contributed by atoms with Gasteiger partial charge in [0.2, 0.25) is 5.91 Å². The highest BCUT2D eigenvalue weighted by atomic mass is 35.5. The minimum atomic E-state index is -0.184. The molecule has 0 unspecified atom stereocenters. The van der Waals surface area contributed by atoms with Gasteiger partial charge in [0.15, 0.2) is 0 Å². The number of hydrogen-bond donors (Lipinski definition) is 2. The zero-order chi connectivity index (χ0) is 15.5. The van der Waals surface area contributed by atoms with Crippen molar-refractivity contribution in [1.82, 2.24) is 10.6 Å². The highest BCUT2D eigenvalue weighted by Gasteiger charge is 2.25. The summed E-state index contributed by atoms with van der Waals surface area (Å²) in [5.41, 5.74) is 0.888. The van der Waals surface area contributed by atoms with Gasteiger partial charge in [-0.05, 0) is 43.6 Å². The van der Waals surface area contributed by atoms with Gasteiger partial charge in [-0.2, -0.15) is 0 Å². The third-order valence-corrected chi connectivity index (χ3v) is 4.85. The first kappa shape index (κ1) is 19.6. The molecule has 1 amide bonds. The second kappa shape index (κ2) is 8.39. The minimum absolute atomic E-state index is 0. The highest BCUT2D eigenvalue weighted by molar-refractivity contribution is 6.42. The van der Waals surface area contributed by atoms with Crippen molar-refractivity contribution in [2.24, 2.45) is 5.92 Å². The lowest BCUT2D eigenvalue weighted by atomic mass is 9.84. The standard InChI is InChI=1S/C16H22Cl2N2O.ClH/c1-16(2,12-3-4-13(17)14(18)9-12)10-20-15(21)11-5-7-19-8-6-11;/h3-4,9,11,19H,5-8,10H2,1-2H3,(H,20,21);1H. The van der Waals surface area contributed by atoms with E-state index in [0.29, 0.717) is 16.6 Å². The van der Waals surface area contributed by atoms with Gasteiger partial charge in [-0.1, -0.05) is 43.1 Å². The van der Waals surface area contributed by atoms with Crippen molar-refractivity contribution in [3.05, 3.63) is 33.8 Å². The predicted octanol–water partition coefficient (Wildman–Crippen LogP) is 3.81. The molecule has 1 aromatic carbocycles. The van der Waals surface area contributed by atoms with E-state index in [0.717, 1.165) is 31.5 Å². The van der Waals surface area contributed by atoms with Gasteiger partial charge < -0.3 is 10.6 Å². The van der Waals surface area contributed by atoms with Crippen LogP contribution in [0.2, 0.25) is 10.0 Å². The van der Waals surface area contributed by atoms with E-state index in [1.165, 1.54) is 0 Å². The Morgan fingerprint density at radius 3 is 2.50 bits per heavy atom. The normalized spacial score (nSPS) is 16.0. The maximum atomic E-state index is 12.2. The van der Waals surface area contributed by atoms with Crippen LogP contribution >= 0.6 is 35.6 Å². The molecule has 1 fully saturated rings. The van der Waals surface area contributed by atoms with E-state index >= 15 is 0 Å². The zero-order valence-corrected chi connectivity index (χ0v) is 15.2. The van der Waals surface area contributed by atoms with Crippen molar-refractivity contribution < 1.29 is 4.79 Å². The summed E-state index contributed by atoms with van der Waals surface area (Å²) in [7, 11) is 0. The first-order chi connectivity index (χ1) is 9.90.